The molecule has 0 radical (unpaired) electrons. The molecule has 3 rings (SSSR count). The molecule has 1 saturated heterocycles. The number of aromatic nitrogens is 2. The molecule has 1 N–H and O–H groups in total. The molecule has 0 aliphatic carbocycles. The van der Waals surface area contributed by atoms with E-state index in [0.717, 1.165) is 36.2 Å². The third kappa shape index (κ3) is 3.11. The Hall–Kier alpha value is -1.01. The zero-order valence-electron chi connectivity index (χ0n) is 12.8. The fourth-order valence-corrected chi connectivity index (χ4v) is 4.72. The lowest BCUT2D eigenvalue weighted by molar-refractivity contribution is 0.722. The van der Waals surface area contributed by atoms with Crippen LogP contribution >= 0.6 is 23.1 Å². The molecule has 1 aliphatic rings. The van der Waals surface area contributed by atoms with Gasteiger partial charge in [0.1, 0.15) is 10.6 Å². The van der Waals surface area contributed by atoms with Crippen LogP contribution in [0.25, 0.3) is 10.2 Å². The van der Waals surface area contributed by atoms with Gasteiger partial charge in [-0.2, -0.15) is 16.7 Å². The summed E-state index contributed by atoms with van der Waals surface area (Å²) in [5.74, 6) is 3.05. The monoisotopic (exact) mass is 322 g/mol. The van der Waals surface area contributed by atoms with Crippen molar-refractivity contribution in [1.29, 1.82) is 0 Å². The SMILES string of the molecule is CCNc1nc(N2CCSC(CC)C2)c2cc(C)sc2n1. The van der Waals surface area contributed by atoms with Crippen LogP contribution in [0.3, 0.4) is 0 Å². The molecule has 3 heterocycles. The Kier molecular flexibility index (Phi) is 4.54. The summed E-state index contributed by atoms with van der Waals surface area (Å²) in [6.07, 6.45) is 1.22. The lowest BCUT2D eigenvalue weighted by Crippen LogP contribution is -2.38. The van der Waals surface area contributed by atoms with Gasteiger partial charge >= 0.3 is 0 Å². The van der Waals surface area contributed by atoms with Gasteiger partial charge in [-0.05, 0) is 26.3 Å². The van der Waals surface area contributed by atoms with E-state index in [9.17, 15) is 0 Å². The van der Waals surface area contributed by atoms with Crippen LogP contribution in [-0.2, 0) is 0 Å². The second-order valence-corrected chi connectivity index (χ2v) is 7.97. The number of aryl methyl sites for hydroxylation is 1. The van der Waals surface area contributed by atoms with E-state index in [0.29, 0.717) is 5.25 Å². The molecule has 0 bridgehead atoms. The van der Waals surface area contributed by atoms with Gasteiger partial charge in [0.15, 0.2) is 0 Å². The van der Waals surface area contributed by atoms with Crippen molar-refractivity contribution in [2.75, 3.05) is 35.6 Å². The molecule has 0 aromatic carbocycles. The maximum atomic E-state index is 4.80. The molecule has 2 aromatic rings. The number of anilines is 2. The van der Waals surface area contributed by atoms with Crippen molar-refractivity contribution in [3.05, 3.63) is 10.9 Å². The van der Waals surface area contributed by atoms with Crippen LogP contribution < -0.4 is 10.2 Å². The maximum Gasteiger partial charge on any atom is 0.226 e. The Balaban J connectivity index is 2.02. The van der Waals surface area contributed by atoms with Crippen molar-refractivity contribution in [3.8, 4) is 0 Å². The number of nitrogens with zero attached hydrogens (tertiary/aromatic N) is 3. The first-order chi connectivity index (χ1) is 10.2. The Labute approximate surface area is 134 Å². The van der Waals surface area contributed by atoms with Gasteiger partial charge < -0.3 is 10.2 Å². The van der Waals surface area contributed by atoms with Gasteiger partial charge in [-0.15, -0.1) is 11.3 Å². The molecule has 114 valence electrons. The highest BCUT2D eigenvalue weighted by Gasteiger charge is 2.23. The number of thioether (sulfide) groups is 1. The van der Waals surface area contributed by atoms with Crippen LogP contribution in [0.2, 0.25) is 0 Å². The minimum absolute atomic E-state index is 0.714. The van der Waals surface area contributed by atoms with Crippen LogP contribution in [0, 0.1) is 6.92 Å². The minimum Gasteiger partial charge on any atom is -0.354 e. The second-order valence-electron chi connectivity index (χ2n) is 5.32. The summed E-state index contributed by atoms with van der Waals surface area (Å²) in [6.45, 7) is 9.52. The zero-order chi connectivity index (χ0) is 14.8. The largest absolute Gasteiger partial charge is 0.354 e. The number of hydrogen-bond acceptors (Lipinski definition) is 6. The molecule has 2 aromatic heterocycles. The number of rotatable bonds is 4. The molecule has 0 saturated carbocycles. The molecule has 1 aliphatic heterocycles. The quantitative estimate of drug-likeness (QED) is 0.928. The number of thiophene rings is 1. The molecular weight excluding hydrogens is 300 g/mol. The Bertz CT molecular complexity index is 625. The lowest BCUT2D eigenvalue weighted by atomic mass is 10.2. The van der Waals surface area contributed by atoms with E-state index < -0.39 is 0 Å². The van der Waals surface area contributed by atoms with E-state index in [1.807, 2.05) is 0 Å². The Morgan fingerprint density at radius 2 is 2.24 bits per heavy atom. The van der Waals surface area contributed by atoms with Crippen LogP contribution in [0.1, 0.15) is 25.1 Å². The zero-order valence-corrected chi connectivity index (χ0v) is 14.5. The van der Waals surface area contributed by atoms with Gasteiger partial charge in [0.2, 0.25) is 5.95 Å². The van der Waals surface area contributed by atoms with Crippen molar-refractivity contribution >= 4 is 45.1 Å². The Morgan fingerprint density at radius 1 is 1.38 bits per heavy atom. The standard InChI is InChI=1S/C15H22N4S2/c1-4-11-9-19(6-7-20-11)13-12-8-10(3)21-14(12)18-15(17-13)16-5-2/h8,11H,4-7,9H2,1-3H3,(H,16,17,18). The van der Waals surface area contributed by atoms with Crippen molar-refractivity contribution in [1.82, 2.24) is 9.97 Å². The summed E-state index contributed by atoms with van der Waals surface area (Å²) in [5, 5.41) is 5.19. The molecule has 6 heteroatoms. The maximum absolute atomic E-state index is 4.80. The minimum atomic E-state index is 0.714. The van der Waals surface area contributed by atoms with Crippen molar-refractivity contribution < 1.29 is 0 Å². The summed E-state index contributed by atoms with van der Waals surface area (Å²) >= 11 is 3.84. The van der Waals surface area contributed by atoms with Crippen molar-refractivity contribution in [2.45, 2.75) is 32.4 Å². The van der Waals surface area contributed by atoms with E-state index in [-0.39, 0.29) is 0 Å². The van der Waals surface area contributed by atoms with E-state index in [2.05, 4.69) is 53.8 Å². The van der Waals surface area contributed by atoms with Crippen LogP contribution in [0.5, 0.6) is 0 Å². The average molecular weight is 323 g/mol. The lowest BCUT2D eigenvalue weighted by Gasteiger charge is -2.33. The summed E-state index contributed by atoms with van der Waals surface area (Å²) in [5.41, 5.74) is 0. The van der Waals surface area contributed by atoms with Crippen LogP contribution in [0.15, 0.2) is 6.07 Å². The molecular formula is C15H22N4S2. The predicted molar refractivity (Wildman–Crippen MR) is 95.1 cm³/mol. The predicted octanol–water partition coefficient (Wildman–Crippen LogP) is 3.76. The molecule has 1 atom stereocenters. The van der Waals surface area contributed by atoms with Crippen LogP contribution in [-0.4, -0.2) is 40.6 Å². The molecule has 0 amide bonds. The normalized spacial score (nSPS) is 19.2. The third-order valence-electron chi connectivity index (χ3n) is 3.72. The molecule has 1 unspecified atom stereocenters. The van der Waals surface area contributed by atoms with E-state index in [1.165, 1.54) is 22.4 Å². The molecule has 21 heavy (non-hydrogen) atoms. The topological polar surface area (TPSA) is 41.1 Å². The molecule has 4 nitrogen and oxygen atoms in total. The first kappa shape index (κ1) is 14.9. The first-order valence-corrected chi connectivity index (χ1v) is 9.46. The Morgan fingerprint density at radius 3 is 3.00 bits per heavy atom. The number of fused-ring (bicyclic) bond motifs is 1. The summed E-state index contributed by atoms with van der Waals surface area (Å²) in [7, 11) is 0. The summed E-state index contributed by atoms with van der Waals surface area (Å²) in [4.78, 5) is 14.3. The van der Waals surface area contributed by atoms with Crippen molar-refractivity contribution in [3.63, 3.8) is 0 Å². The summed E-state index contributed by atoms with van der Waals surface area (Å²) in [6, 6.07) is 2.23. The van der Waals surface area contributed by atoms with E-state index in [4.69, 9.17) is 4.98 Å². The third-order valence-corrected chi connectivity index (χ3v) is 6.04. The second kappa shape index (κ2) is 6.40. The van der Waals surface area contributed by atoms with E-state index >= 15 is 0 Å². The first-order valence-electron chi connectivity index (χ1n) is 7.59. The summed E-state index contributed by atoms with van der Waals surface area (Å²) < 4.78 is 0. The fraction of sp³-hybridized carbons (Fsp3) is 0.600. The molecule has 0 spiro atoms. The van der Waals surface area contributed by atoms with E-state index in [1.54, 1.807) is 11.3 Å². The highest BCUT2D eigenvalue weighted by atomic mass is 32.2. The number of hydrogen-bond donors (Lipinski definition) is 1. The highest BCUT2D eigenvalue weighted by molar-refractivity contribution is 8.00. The average Bonchev–Trinajstić information content (AvgIpc) is 2.87. The number of nitrogens with one attached hydrogen (secondary N) is 1. The highest BCUT2D eigenvalue weighted by Crippen LogP contribution is 2.34. The molecule has 1 fully saturated rings. The van der Waals surface area contributed by atoms with Gasteiger partial charge in [0.25, 0.3) is 0 Å². The van der Waals surface area contributed by atoms with Gasteiger partial charge in [0, 0.05) is 35.5 Å². The smallest absolute Gasteiger partial charge is 0.226 e. The fourth-order valence-electron chi connectivity index (χ4n) is 2.66. The van der Waals surface area contributed by atoms with Gasteiger partial charge in [0.05, 0.1) is 5.39 Å². The van der Waals surface area contributed by atoms with Crippen molar-refractivity contribution in [2.24, 2.45) is 0 Å². The van der Waals surface area contributed by atoms with Gasteiger partial charge in [-0.1, -0.05) is 6.92 Å². The van der Waals surface area contributed by atoms with Gasteiger partial charge in [-0.25, -0.2) is 4.98 Å². The van der Waals surface area contributed by atoms with Gasteiger partial charge in [-0.3, -0.25) is 0 Å². The van der Waals surface area contributed by atoms with Crippen LogP contribution in [0.4, 0.5) is 11.8 Å².